The Morgan fingerprint density at radius 3 is 2.72 bits per heavy atom. The molecule has 1 N–H and O–H groups in total. The molecule has 2 aromatic heterocycles. The van der Waals surface area contributed by atoms with Gasteiger partial charge in [0.15, 0.2) is 5.69 Å². The number of nitro benzene ring substituents is 1. The molecule has 0 bridgehead atoms. The third-order valence-electron chi connectivity index (χ3n) is 4.31. The Morgan fingerprint density at radius 2 is 2.04 bits per heavy atom. The van der Waals surface area contributed by atoms with E-state index in [9.17, 15) is 20.0 Å². The van der Waals surface area contributed by atoms with Crippen LogP contribution in [0.15, 0.2) is 36.5 Å². The van der Waals surface area contributed by atoms with E-state index in [1.54, 1.807) is 35.0 Å². The van der Waals surface area contributed by atoms with Crippen LogP contribution in [-0.4, -0.2) is 30.5 Å². The molecule has 126 valence electrons. The predicted molar refractivity (Wildman–Crippen MR) is 88.7 cm³/mol. The second-order valence-corrected chi connectivity index (χ2v) is 6.08. The minimum atomic E-state index is -1.10. The number of aromatic carboxylic acids is 1. The van der Waals surface area contributed by atoms with Crippen LogP contribution in [0, 0.1) is 10.1 Å². The highest BCUT2D eigenvalue weighted by Gasteiger charge is 2.29. The van der Waals surface area contributed by atoms with Crippen molar-refractivity contribution in [1.29, 1.82) is 0 Å². The van der Waals surface area contributed by atoms with Crippen molar-refractivity contribution in [1.82, 2.24) is 14.5 Å². The molecule has 0 amide bonds. The summed E-state index contributed by atoms with van der Waals surface area (Å²) < 4.78 is 1.73. The van der Waals surface area contributed by atoms with E-state index in [1.165, 1.54) is 6.07 Å². The van der Waals surface area contributed by atoms with Crippen molar-refractivity contribution in [3.05, 3.63) is 63.7 Å². The van der Waals surface area contributed by atoms with Crippen molar-refractivity contribution in [2.24, 2.45) is 0 Å². The molecule has 25 heavy (non-hydrogen) atoms. The number of nitrogens with zero attached hydrogens (tertiary/aromatic N) is 4. The average Bonchev–Trinajstić information content (AvgIpc) is 3.37. The average molecular weight is 338 g/mol. The number of benzene rings is 1. The Labute approximate surface area is 141 Å². The van der Waals surface area contributed by atoms with Crippen LogP contribution in [0.3, 0.4) is 0 Å². The molecule has 0 atom stereocenters. The van der Waals surface area contributed by atoms with Crippen molar-refractivity contribution in [3.8, 4) is 0 Å². The summed E-state index contributed by atoms with van der Waals surface area (Å²) in [6.45, 7) is 0.237. The summed E-state index contributed by atoms with van der Waals surface area (Å²) in [7, 11) is 0. The van der Waals surface area contributed by atoms with Gasteiger partial charge in [-0.1, -0.05) is 18.2 Å². The number of hydrogen-bond acceptors (Lipinski definition) is 5. The third-order valence-corrected chi connectivity index (χ3v) is 4.31. The molecule has 0 radical (unpaired) electrons. The molecule has 0 spiro atoms. The van der Waals surface area contributed by atoms with Crippen LogP contribution in [0.2, 0.25) is 0 Å². The summed E-state index contributed by atoms with van der Waals surface area (Å²) in [5, 5.41) is 21.1. The second kappa shape index (κ2) is 5.66. The highest BCUT2D eigenvalue weighted by molar-refractivity contribution is 5.99. The molecule has 1 aliphatic rings. The van der Waals surface area contributed by atoms with Crippen molar-refractivity contribution in [2.75, 3.05) is 0 Å². The fourth-order valence-corrected chi connectivity index (χ4v) is 2.90. The first-order valence-corrected chi connectivity index (χ1v) is 7.87. The van der Waals surface area contributed by atoms with Gasteiger partial charge in [-0.2, -0.15) is 0 Å². The van der Waals surface area contributed by atoms with Gasteiger partial charge in [-0.25, -0.2) is 14.8 Å². The quantitative estimate of drug-likeness (QED) is 0.565. The summed E-state index contributed by atoms with van der Waals surface area (Å²) >= 11 is 0. The maximum atomic E-state index is 11.5. The number of aromatic nitrogens is 3. The molecule has 0 saturated heterocycles. The highest BCUT2D eigenvalue weighted by Crippen LogP contribution is 2.39. The van der Waals surface area contributed by atoms with Gasteiger partial charge < -0.3 is 9.67 Å². The van der Waals surface area contributed by atoms with Gasteiger partial charge in [0.25, 0.3) is 5.69 Å². The number of hydrogen-bond donors (Lipinski definition) is 1. The van der Waals surface area contributed by atoms with Gasteiger partial charge in [-0.05, 0) is 18.9 Å². The van der Waals surface area contributed by atoms with E-state index < -0.39 is 10.9 Å². The molecule has 2 heterocycles. The molecule has 1 aliphatic carbocycles. The van der Waals surface area contributed by atoms with Crippen molar-refractivity contribution in [3.63, 3.8) is 0 Å². The number of nitro groups is 1. The van der Waals surface area contributed by atoms with E-state index >= 15 is 0 Å². The summed E-state index contributed by atoms with van der Waals surface area (Å²) in [5.41, 5.74) is 1.04. The summed E-state index contributed by atoms with van der Waals surface area (Å²) in [6.07, 6.45) is 3.60. The number of carbonyl (C=O) groups is 1. The normalized spacial score (nSPS) is 13.9. The maximum absolute atomic E-state index is 11.5. The van der Waals surface area contributed by atoms with Gasteiger partial charge >= 0.3 is 5.97 Å². The van der Waals surface area contributed by atoms with Gasteiger partial charge in [0.1, 0.15) is 11.5 Å². The molecular weight excluding hydrogens is 324 g/mol. The molecule has 1 fully saturated rings. The molecule has 0 unspecified atom stereocenters. The van der Waals surface area contributed by atoms with Crippen LogP contribution in [0.25, 0.3) is 11.0 Å². The van der Waals surface area contributed by atoms with Crippen LogP contribution in [0.1, 0.15) is 40.6 Å². The number of carboxylic acid groups (broad SMARTS) is 1. The first kappa shape index (κ1) is 15.3. The van der Waals surface area contributed by atoms with Gasteiger partial charge in [-0.15, -0.1) is 0 Å². The molecular formula is C17H14N4O4. The van der Waals surface area contributed by atoms with Crippen molar-refractivity contribution >= 4 is 22.7 Å². The summed E-state index contributed by atoms with van der Waals surface area (Å²) in [6, 6.07) is 8.14. The first-order chi connectivity index (χ1) is 12.0. The predicted octanol–water partition coefficient (Wildman–Crippen LogP) is 2.96. The lowest BCUT2D eigenvalue weighted by molar-refractivity contribution is -0.385. The van der Waals surface area contributed by atoms with E-state index in [1.807, 2.05) is 0 Å². The Kier molecular flexibility index (Phi) is 3.45. The largest absolute Gasteiger partial charge is 0.476 e. The van der Waals surface area contributed by atoms with E-state index in [0.717, 1.165) is 12.8 Å². The Morgan fingerprint density at radius 1 is 1.28 bits per heavy atom. The summed E-state index contributed by atoms with van der Waals surface area (Å²) in [4.78, 5) is 31.0. The maximum Gasteiger partial charge on any atom is 0.355 e. The smallest absolute Gasteiger partial charge is 0.355 e. The van der Waals surface area contributed by atoms with E-state index in [2.05, 4.69) is 9.97 Å². The van der Waals surface area contributed by atoms with Gasteiger partial charge in [0, 0.05) is 23.7 Å². The number of carboxylic acids is 1. The molecule has 8 nitrogen and oxygen atoms in total. The zero-order valence-electron chi connectivity index (χ0n) is 13.1. The number of fused-ring (bicyclic) bond motifs is 1. The Hall–Kier alpha value is -3.29. The van der Waals surface area contributed by atoms with Crippen LogP contribution in [-0.2, 0) is 6.54 Å². The fraction of sp³-hybridized carbons (Fsp3) is 0.235. The molecule has 8 heteroatoms. The van der Waals surface area contributed by atoms with Gasteiger partial charge in [0.05, 0.1) is 16.9 Å². The Bertz CT molecular complexity index is 1010. The van der Waals surface area contributed by atoms with Crippen molar-refractivity contribution in [2.45, 2.75) is 25.3 Å². The lowest BCUT2D eigenvalue weighted by Crippen LogP contribution is -2.08. The van der Waals surface area contributed by atoms with Crippen LogP contribution < -0.4 is 0 Å². The Balaban J connectivity index is 1.83. The zero-order valence-corrected chi connectivity index (χ0v) is 13.1. The SMILES string of the molecule is O=C(O)c1nc(C2CC2)nc2c1ccn2Cc1ccccc1[N+](=O)[O-]. The van der Waals surface area contributed by atoms with Crippen LogP contribution >= 0.6 is 0 Å². The molecule has 4 rings (SSSR count). The zero-order chi connectivity index (χ0) is 17.6. The fourth-order valence-electron chi connectivity index (χ4n) is 2.90. The monoisotopic (exact) mass is 338 g/mol. The molecule has 3 aromatic rings. The molecule has 0 aliphatic heterocycles. The van der Waals surface area contributed by atoms with Gasteiger partial charge in [0.2, 0.25) is 0 Å². The lowest BCUT2D eigenvalue weighted by atomic mass is 10.2. The first-order valence-electron chi connectivity index (χ1n) is 7.87. The summed E-state index contributed by atoms with van der Waals surface area (Å²) in [5.74, 6) is -0.359. The molecule has 1 saturated carbocycles. The van der Waals surface area contributed by atoms with E-state index in [-0.39, 0.29) is 23.8 Å². The minimum Gasteiger partial charge on any atom is -0.476 e. The second-order valence-electron chi connectivity index (χ2n) is 6.08. The van der Waals surface area contributed by atoms with Crippen LogP contribution in [0.5, 0.6) is 0 Å². The van der Waals surface area contributed by atoms with Crippen molar-refractivity contribution < 1.29 is 14.8 Å². The highest BCUT2D eigenvalue weighted by atomic mass is 16.6. The number of para-hydroxylation sites is 1. The van der Waals surface area contributed by atoms with E-state index in [0.29, 0.717) is 22.4 Å². The van der Waals surface area contributed by atoms with E-state index in [4.69, 9.17) is 0 Å². The minimum absolute atomic E-state index is 0.0202. The topological polar surface area (TPSA) is 111 Å². The lowest BCUT2D eigenvalue weighted by Gasteiger charge is -2.08. The molecule has 1 aromatic carbocycles. The van der Waals surface area contributed by atoms with Gasteiger partial charge in [-0.3, -0.25) is 10.1 Å². The third kappa shape index (κ3) is 2.71. The standard InChI is InChI=1S/C17H14N4O4/c22-17(23)14-12-7-8-20(16(12)19-15(18-14)10-5-6-10)9-11-3-1-2-4-13(11)21(24)25/h1-4,7-8,10H,5-6,9H2,(H,22,23). The van der Waals surface area contributed by atoms with Crippen LogP contribution in [0.4, 0.5) is 5.69 Å². The number of rotatable bonds is 5.